The van der Waals surface area contributed by atoms with E-state index in [1.54, 1.807) is 0 Å². The Morgan fingerprint density at radius 3 is 2.50 bits per heavy atom. The number of rotatable bonds is 1. The number of benzene rings is 1. The molecule has 3 heteroatoms. The number of nitrogens with zero attached hydrogens (tertiary/aromatic N) is 1. The minimum atomic E-state index is -0.389. The molecule has 0 radical (unpaired) electrons. The molecule has 0 fully saturated rings. The molecule has 1 aromatic rings. The van der Waals surface area contributed by atoms with Crippen LogP contribution in [0.5, 0.6) is 0 Å². The molecule has 2 nitrogen and oxygen atoms in total. The molecule has 1 aliphatic heterocycles. The smallest absolute Gasteiger partial charge is 0.148 e. The standard InChI is InChI=1S/C13H13FN2/c1-9-8-12(14)10(2)16(15)13(9)11-6-4-3-5-7-11/h3-8H,2,15H2,1H3. The molecule has 0 amide bonds. The van der Waals surface area contributed by atoms with Gasteiger partial charge in [-0.05, 0) is 24.1 Å². The molecule has 0 aliphatic carbocycles. The summed E-state index contributed by atoms with van der Waals surface area (Å²) in [5, 5.41) is 1.29. The summed E-state index contributed by atoms with van der Waals surface area (Å²) in [7, 11) is 0. The quantitative estimate of drug-likeness (QED) is 0.731. The molecular weight excluding hydrogens is 203 g/mol. The Hall–Kier alpha value is -1.87. The number of hydrogen-bond acceptors (Lipinski definition) is 2. The molecule has 0 spiro atoms. The van der Waals surface area contributed by atoms with Crippen LogP contribution in [-0.2, 0) is 0 Å². The van der Waals surface area contributed by atoms with E-state index in [0.717, 1.165) is 16.8 Å². The van der Waals surface area contributed by atoms with Gasteiger partial charge in [-0.2, -0.15) is 0 Å². The van der Waals surface area contributed by atoms with Gasteiger partial charge in [0.15, 0.2) is 0 Å². The zero-order valence-corrected chi connectivity index (χ0v) is 9.07. The first-order valence-corrected chi connectivity index (χ1v) is 4.99. The molecule has 0 aromatic heterocycles. The van der Waals surface area contributed by atoms with Gasteiger partial charge in [0, 0.05) is 0 Å². The summed E-state index contributed by atoms with van der Waals surface area (Å²) in [6, 6.07) is 9.63. The van der Waals surface area contributed by atoms with E-state index in [1.807, 2.05) is 37.3 Å². The van der Waals surface area contributed by atoms with Crippen molar-refractivity contribution in [3.63, 3.8) is 0 Å². The highest BCUT2D eigenvalue weighted by molar-refractivity contribution is 5.72. The molecule has 1 aromatic carbocycles. The maximum Gasteiger partial charge on any atom is 0.148 e. The summed E-state index contributed by atoms with van der Waals surface area (Å²) in [5.74, 6) is 5.44. The van der Waals surface area contributed by atoms with Gasteiger partial charge in [0.25, 0.3) is 0 Å². The van der Waals surface area contributed by atoms with Crippen molar-refractivity contribution in [3.8, 4) is 0 Å². The molecule has 0 saturated heterocycles. The maximum absolute atomic E-state index is 13.4. The van der Waals surface area contributed by atoms with Crippen LogP contribution in [0, 0.1) is 0 Å². The number of hydrazine groups is 1. The average Bonchev–Trinajstić information content (AvgIpc) is 2.28. The Labute approximate surface area is 94.1 Å². The molecule has 82 valence electrons. The molecule has 0 saturated carbocycles. The number of hydrogen-bond donors (Lipinski definition) is 1. The molecule has 1 heterocycles. The maximum atomic E-state index is 13.4. The minimum absolute atomic E-state index is 0.185. The molecule has 0 unspecified atom stereocenters. The number of allylic oxidation sites excluding steroid dienone is 3. The normalized spacial score (nSPS) is 16.6. The van der Waals surface area contributed by atoms with Crippen LogP contribution in [0.4, 0.5) is 4.39 Å². The van der Waals surface area contributed by atoms with Crippen molar-refractivity contribution in [2.24, 2.45) is 5.84 Å². The van der Waals surface area contributed by atoms with Crippen molar-refractivity contribution in [3.05, 3.63) is 65.6 Å². The Morgan fingerprint density at radius 1 is 1.25 bits per heavy atom. The van der Waals surface area contributed by atoms with Gasteiger partial charge in [0.2, 0.25) is 0 Å². The van der Waals surface area contributed by atoms with Crippen LogP contribution in [0.25, 0.3) is 5.70 Å². The van der Waals surface area contributed by atoms with Gasteiger partial charge in [-0.25, -0.2) is 10.2 Å². The fourth-order valence-corrected chi connectivity index (χ4v) is 1.74. The largest absolute Gasteiger partial charge is 0.276 e. The third-order valence-electron chi connectivity index (χ3n) is 2.57. The Morgan fingerprint density at radius 2 is 1.88 bits per heavy atom. The summed E-state index contributed by atoms with van der Waals surface area (Å²) in [6.45, 7) is 5.44. The summed E-state index contributed by atoms with van der Waals surface area (Å²) in [4.78, 5) is 0. The molecular formula is C13H13FN2. The highest BCUT2D eigenvalue weighted by Gasteiger charge is 2.21. The summed E-state index contributed by atoms with van der Waals surface area (Å²) >= 11 is 0. The fraction of sp³-hybridized carbons (Fsp3) is 0.0769. The second-order valence-electron chi connectivity index (χ2n) is 3.71. The van der Waals surface area contributed by atoms with Gasteiger partial charge in [0.1, 0.15) is 5.83 Å². The van der Waals surface area contributed by atoms with Crippen molar-refractivity contribution in [1.82, 2.24) is 5.01 Å². The van der Waals surface area contributed by atoms with Crippen molar-refractivity contribution >= 4 is 5.70 Å². The third-order valence-corrected chi connectivity index (χ3v) is 2.57. The molecule has 16 heavy (non-hydrogen) atoms. The van der Waals surface area contributed by atoms with E-state index in [0.29, 0.717) is 0 Å². The third kappa shape index (κ3) is 1.66. The zero-order chi connectivity index (χ0) is 11.7. The van der Waals surface area contributed by atoms with Crippen LogP contribution in [0.1, 0.15) is 12.5 Å². The van der Waals surface area contributed by atoms with Crippen molar-refractivity contribution in [2.45, 2.75) is 6.92 Å². The van der Waals surface area contributed by atoms with E-state index in [1.165, 1.54) is 11.1 Å². The Kier molecular flexibility index (Phi) is 2.62. The van der Waals surface area contributed by atoms with Crippen LogP contribution in [-0.4, -0.2) is 5.01 Å². The van der Waals surface area contributed by atoms with Gasteiger partial charge >= 0.3 is 0 Å². The first kappa shape index (κ1) is 10.6. The Bertz CT molecular complexity index is 486. The van der Waals surface area contributed by atoms with Crippen LogP contribution in [0.3, 0.4) is 0 Å². The molecule has 0 atom stereocenters. The monoisotopic (exact) mass is 216 g/mol. The van der Waals surface area contributed by atoms with Crippen molar-refractivity contribution < 1.29 is 4.39 Å². The predicted molar refractivity (Wildman–Crippen MR) is 63.4 cm³/mol. The van der Waals surface area contributed by atoms with Gasteiger partial charge in [0.05, 0.1) is 11.4 Å². The zero-order valence-electron chi connectivity index (χ0n) is 9.07. The number of halogens is 1. The molecule has 0 bridgehead atoms. The van der Waals surface area contributed by atoms with Crippen LogP contribution in [0.2, 0.25) is 0 Å². The van der Waals surface area contributed by atoms with Crippen LogP contribution < -0.4 is 5.84 Å². The first-order valence-electron chi connectivity index (χ1n) is 4.99. The van der Waals surface area contributed by atoms with Crippen LogP contribution in [0.15, 0.2) is 60.1 Å². The Balaban J connectivity index is 2.55. The van der Waals surface area contributed by atoms with E-state index in [4.69, 9.17) is 5.84 Å². The first-order chi connectivity index (χ1) is 7.61. The van der Waals surface area contributed by atoms with E-state index in [-0.39, 0.29) is 11.5 Å². The SMILES string of the molecule is C=C1C(F)=CC(C)=C(c2ccccc2)N1N. The van der Waals surface area contributed by atoms with E-state index in [9.17, 15) is 4.39 Å². The molecule has 2 N–H and O–H groups in total. The number of nitrogens with two attached hydrogens (primary N) is 1. The lowest BCUT2D eigenvalue weighted by Crippen LogP contribution is -2.31. The van der Waals surface area contributed by atoms with Gasteiger partial charge in [-0.1, -0.05) is 36.9 Å². The molecule has 1 aliphatic rings. The average molecular weight is 216 g/mol. The van der Waals surface area contributed by atoms with Gasteiger partial charge < -0.3 is 0 Å². The highest BCUT2D eigenvalue weighted by Crippen LogP contribution is 2.32. The van der Waals surface area contributed by atoms with Crippen LogP contribution >= 0.6 is 0 Å². The topological polar surface area (TPSA) is 29.3 Å². The molecule has 2 rings (SSSR count). The highest BCUT2D eigenvalue weighted by atomic mass is 19.1. The van der Waals surface area contributed by atoms with Gasteiger partial charge in [-0.15, -0.1) is 0 Å². The van der Waals surface area contributed by atoms with E-state index >= 15 is 0 Å². The summed E-state index contributed by atoms with van der Waals surface area (Å²) < 4.78 is 13.4. The second kappa shape index (κ2) is 3.94. The van der Waals surface area contributed by atoms with Crippen molar-refractivity contribution in [1.29, 1.82) is 0 Å². The predicted octanol–water partition coefficient (Wildman–Crippen LogP) is 2.97. The van der Waals surface area contributed by atoms with Gasteiger partial charge in [-0.3, -0.25) is 5.01 Å². The van der Waals surface area contributed by atoms with E-state index < -0.39 is 0 Å². The summed E-state index contributed by atoms with van der Waals surface area (Å²) in [6.07, 6.45) is 1.45. The second-order valence-corrected chi connectivity index (χ2v) is 3.71. The lowest BCUT2D eigenvalue weighted by molar-refractivity contribution is 0.474. The lowest BCUT2D eigenvalue weighted by atomic mass is 10.0. The minimum Gasteiger partial charge on any atom is -0.276 e. The van der Waals surface area contributed by atoms with Crippen molar-refractivity contribution in [2.75, 3.05) is 0 Å². The summed E-state index contributed by atoms with van der Waals surface area (Å²) in [5.41, 5.74) is 2.71. The fourth-order valence-electron chi connectivity index (χ4n) is 1.74. The van der Waals surface area contributed by atoms with E-state index in [2.05, 4.69) is 6.58 Å². The lowest BCUT2D eigenvalue weighted by Gasteiger charge is -2.28.